The minimum absolute atomic E-state index is 0.469. The third-order valence-corrected chi connectivity index (χ3v) is 7.90. The Hall–Kier alpha value is -0.220. The van der Waals surface area contributed by atoms with Crippen LogP contribution in [0.1, 0.15) is 96.3 Å². The molecule has 1 aliphatic heterocycles. The van der Waals surface area contributed by atoms with Crippen LogP contribution in [0, 0.1) is 0 Å². The van der Waals surface area contributed by atoms with Crippen molar-refractivity contribution in [3.63, 3.8) is 0 Å². The molecule has 3 rings (SSSR count). The number of amides is 1. The Morgan fingerprint density at radius 3 is 1.81 bits per heavy atom. The van der Waals surface area contributed by atoms with Crippen molar-refractivity contribution in [3.05, 3.63) is 0 Å². The predicted octanol–water partition coefficient (Wildman–Crippen LogP) is 5.48. The first-order valence-electron chi connectivity index (χ1n) is 12.0. The number of likely N-dealkylation sites (tertiary alicyclic amines) is 1. The molecule has 2 saturated carbocycles. The van der Waals surface area contributed by atoms with E-state index in [1.165, 1.54) is 115 Å². The Morgan fingerprint density at radius 1 is 0.741 bits per heavy atom. The lowest BCUT2D eigenvalue weighted by Gasteiger charge is -2.42. The number of carbonyl (C=O) groups is 1. The van der Waals surface area contributed by atoms with E-state index < -0.39 is 0 Å². The number of rotatable bonds is 8. The molecule has 1 heterocycles. The summed E-state index contributed by atoms with van der Waals surface area (Å²) in [6.07, 6.45) is 19.4. The van der Waals surface area contributed by atoms with E-state index >= 15 is 0 Å². The highest BCUT2D eigenvalue weighted by Gasteiger charge is 2.31. The molecule has 1 amide bonds. The first-order chi connectivity index (χ1) is 13.3. The van der Waals surface area contributed by atoms with Crippen molar-refractivity contribution in [2.75, 3.05) is 31.1 Å². The normalized spacial score (nSPS) is 23.9. The van der Waals surface area contributed by atoms with Gasteiger partial charge in [-0.25, -0.2) is 0 Å². The molecule has 27 heavy (non-hydrogen) atoms. The molecule has 3 aliphatic rings. The summed E-state index contributed by atoms with van der Waals surface area (Å²) in [5, 5.41) is 0. The van der Waals surface area contributed by atoms with Crippen molar-refractivity contribution in [3.8, 4) is 0 Å². The molecule has 0 unspecified atom stereocenters. The van der Waals surface area contributed by atoms with Gasteiger partial charge in [0.1, 0.15) is 0 Å². The van der Waals surface area contributed by atoms with Crippen LogP contribution in [0.2, 0.25) is 0 Å². The van der Waals surface area contributed by atoms with E-state index in [1.54, 1.807) is 0 Å². The van der Waals surface area contributed by atoms with Crippen LogP contribution in [-0.4, -0.2) is 58.9 Å². The lowest BCUT2D eigenvalue weighted by molar-refractivity contribution is -0.137. The van der Waals surface area contributed by atoms with Gasteiger partial charge in [0.2, 0.25) is 5.91 Å². The molecule has 0 aromatic heterocycles. The van der Waals surface area contributed by atoms with Crippen molar-refractivity contribution < 1.29 is 4.79 Å². The van der Waals surface area contributed by atoms with Gasteiger partial charge in [-0.15, -0.1) is 0 Å². The number of thioether (sulfide) groups is 1. The van der Waals surface area contributed by atoms with Gasteiger partial charge in [0.05, 0.1) is 0 Å². The van der Waals surface area contributed by atoms with Crippen molar-refractivity contribution in [1.29, 1.82) is 0 Å². The molecule has 0 atom stereocenters. The van der Waals surface area contributed by atoms with Crippen molar-refractivity contribution in [2.24, 2.45) is 0 Å². The first kappa shape index (κ1) is 21.5. The average Bonchev–Trinajstić information content (AvgIpc) is 2.98. The minimum atomic E-state index is 0.469. The second-order valence-corrected chi connectivity index (χ2v) is 10.2. The summed E-state index contributed by atoms with van der Waals surface area (Å²) in [5.41, 5.74) is 0. The second-order valence-electron chi connectivity index (χ2n) is 9.00. The maximum Gasteiger partial charge on any atom is 0.223 e. The third-order valence-electron chi connectivity index (χ3n) is 6.93. The maximum absolute atomic E-state index is 13.2. The molecule has 0 N–H and O–H groups in total. The first-order valence-corrected chi connectivity index (χ1v) is 13.1. The van der Waals surface area contributed by atoms with E-state index in [4.69, 9.17) is 0 Å². The fraction of sp³-hybridized carbons (Fsp3) is 0.957. The predicted molar refractivity (Wildman–Crippen MR) is 117 cm³/mol. The summed E-state index contributed by atoms with van der Waals surface area (Å²) < 4.78 is 0. The van der Waals surface area contributed by atoms with Gasteiger partial charge in [0.15, 0.2) is 0 Å². The highest BCUT2D eigenvalue weighted by atomic mass is 32.2. The molecule has 0 spiro atoms. The van der Waals surface area contributed by atoms with E-state index in [2.05, 4.69) is 9.80 Å². The largest absolute Gasteiger partial charge is 0.337 e. The topological polar surface area (TPSA) is 23.6 Å². The summed E-state index contributed by atoms with van der Waals surface area (Å²) in [5.74, 6) is 2.68. The van der Waals surface area contributed by atoms with Crippen molar-refractivity contribution >= 4 is 17.7 Å². The van der Waals surface area contributed by atoms with Gasteiger partial charge in [-0.3, -0.25) is 4.79 Å². The molecular weight excluding hydrogens is 352 g/mol. The van der Waals surface area contributed by atoms with Crippen LogP contribution in [-0.2, 0) is 4.79 Å². The summed E-state index contributed by atoms with van der Waals surface area (Å²) in [6.45, 7) is 3.79. The van der Waals surface area contributed by atoms with Gasteiger partial charge >= 0.3 is 0 Å². The molecule has 2 aliphatic carbocycles. The lowest BCUT2D eigenvalue weighted by Crippen LogP contribution is -2.48. The van der Waals surface area contributed by atoms with E-state index in [0.29, 0.717) is 18.0 Å². The Morgan fingerprint density at radius 2 is 1.26 bits per heavy atom. The molecule has 0 aromatic carbocycles. The van der Waals surface area contributed by atoms with Crippen LogP contribution in [0.15, 0.2) is 0 Å². The monoisotopic (exact) mass is 394 g/mol. The van der Waals surface area contributed by atoms with Crippen LogP contribution in [0.5, 0.6) is 0 Å². The van der Waals surface area contributed by atoms with E-state index in [9.17, 15) is 4.79 Å². The lowest BCUT2D eigenvalue weighted by atomic mass is 9.88. The molecule has 3 nitrogen and oxygen atoms in total. The molecule has 0 radical (unpaired) electrons. The molecule has 156 valence electrons. The molecule has 0 aromatic rings. The Bertz CT molecular complexity index is 393. The Labute approximate surface area is 172 Å². The third kappa shape index (κ3) is 7.27. The molecule has 4 heteroatoms. The van der Waals surface area contributed by atoms with Gasteiger partial charge in [0, 0.05) is 36.6 Å². The van der Waals surface area contributed by atoms with Gasteiger partial charge in [0.25, 0.3) is 0 Å². The smallest absolute Gasteiger partial charge is 0.223 e. The number of carbonyl (C=O) groups excluding carboxylic acids is 1. The zero-order valence-electron chi connectivity index (χ0n) is 17.5. The standard InChI is InChI=1S/C23H42N2OS/c26-23(15-19-27-20-18-24-16-9-1-2-10-17-24)25(21-11-5-3-6-12-21)22-13-7-4-8-14-22/h21-22H,1-20H2. The van der Waals surface area contributed by atoms with Crippen LogP contribution >= 0.6 is 11.8 Å². The summed E-state index contributed by atoms with van der Waals surface area (Å²) in [4.78, 5) is 18.2. The number of hydrogen-bond acceptors (Lipinski definition) is 3. The summed E-state index contributed by atoms with van der Waals surface area (Å²) in [7, 11) is 0. The highest BCUT2D eigenvalue weighted by molar-refractivity contribution is 7.99. The van der Waals surface area contributed by atoms with Gasteiger partial charge < -0.3 is 9.80 Å². The SMILES string of the molecule is O=C(CCSCCN1CCCCCC1)N(C1CCCCC1)C1CCCCC1. The van der Waals surface area contributed by atoms with Crippen LogP contribution in [0.4, 0.5) is 0 Å². The second kappa shape index (κ2) is 12.4. The van der Waals surface area contributed by atoms with Crippen LogP contribution < -0.4 is 0 Å². The zero-order chi connectivity index (χ0) is 18.7. The van der Waals surface area contributed by atoms with Gasteiger partial charge in [-0.05, 0) is 51.6 Å². The van der Waals surface area contributed by atoms with E-state index in [1.807, 2.05) is 11.8 Å². The minimum Gasteiger partial charge on any atom is -0.337 e. The molecule has 3 fully saturated rings. The Kier molecular flexibility index (Phi) is 9.84. The fourth-order valence-corrected chi connectivity index (χ4v) is 6.28. The Balaban J connectivity index is 1.40. The van der Waals surface area contributed by atoms with Gasteiger partial charge in [-0.1, -0.05) is 51.4 Å². The highest BCUT2D eigenvalue weighted by Crippen LogP contribution is 2.31. The quantitative estimate of drug-likeness (QED) is 0.509. The van der Waals surface area contributed by atoms with E-state index in [-0.39, 0.29) is 0 Å². The van der Waals surface area contributed by atoms with Crippen molar-refractivity contribution in [2.45, 2.75) is 108 Å². The maximum atomic E-state index is 13.2. The zero-order valence-corrected chi connectivity index (χ0v) is 18.3. The molecule has 1 saturated heterocycles. The summed E-state index contributed by atoms with van der Waals surface area (Å²) >= 11 is 2.00. The average molecular weight is 395 g/mol. The number of hydrogen-bond donors (Lipinski definition) is 0. The fourth-order valence-electron chi connectivity index (χ4n) is 5.37. The van der Waals surface area contributed by atoms with Crippen LogP contribution in [0.25, 0.3) is 0 Å². The number of nitrogens with zero attached hydrogens (tertiary/aromatic N) is 2. The van der Waals surface area contributed by atoms with Crippen LogP contribution in [0.3, 0.4) is 0 Å². The van der Waals surface area contributed by atoms with Crippen molar-refractivity contribution in [1.82, 2.24) is 9.80 Å². The van der Waals surface area contributed by atoms with Gasteiger partial charge in [-0.2, -0.15) is 11.8 Å². The van der Waals surface area contributed by atoms with E-state index in [0.717, 1.165) is 12.2 Å². The molecular formula is C23H42N2OS. The molecule has 0 bridgehead atoms. The summed E-state index contributed by atoms with van der Waals surface area (Å²) in [6, 6.07) is 1.10.